The van der Waals surface area contributed by atoms with Crippen LogP contribution in [0.1, 0.15) is 12.7 Å². The SMILES string of the molecule is CCOc1ccc(N2C(=O)SC(=Cc3ccco3)C2=O)cc1. The number of amides is 2. The average Bonchev–Trinajstić information content (AvgIpc) is 3.10. The normalized spacial score (nSPS) is 16.6. The first-order chi connectivity index (χ1) is 10.7. The molecule has 22 heavy (non-hydrogen) atoms. The van der Waals surface area contributed by atoms with E-state index in [2.05, 4.69) is 0 Å². The molecule has 0 radical (unpaired) electrons. The van der Waals surface area contributed by atoms with Gasteiger partial charge in [-0.15, -0.1) is 0 Å². The lowest BCUT2D eigenvalue weighted by Crippen LogP contribution is -2.27. The fourth-order valence-corrected chi connectivity index (χ4v) is 2.87. The van der Waals surface area contributed by atoms with Crippen molar-refractivity contribution in [1.82, 2.24) is 0 Å². The zero-order chi connectivity index (χ0) is 15.5. The molecule has 3 rings (SSSR count). The quantitative estimate of drug-likeness (QED) is 0.800. The molecule has 2 amide bonds. The molecule has 2 aromatic rings. The van der Waals surface area contributed by atoms with Gasteiger partial charge < -0.3 is 9.15 Å². The van der Waals surface area contributed by atoms with Crippen LogP contribution in [0.3, 0.4) is 0 Å². The highest BCUT2D eigenvalue weighted by molar-refractivity contribution is 8.19. The highest BCUT2D eigenvalue weighted by Gasteiger charge is 2.36. The number of imide groups is 1. The van der Waals surface area contributed by atoms with E-state index < -0.39 is 0 Å². The second-order valence-corrected chi connectivity index (χ2v) is 5.45. The Bertz CT molecular complexity index is 719. The highest BCUT2D eigenvalue weighted by atomic mass is 32.2. The first kappa shape index (κ1) is 14.5. The van der Waals surface area contributed by atoms with E-state index in [9.17, 15) is 9.59 Å². The van der Waals surface area contributed by atoms with Crippen molar-refractivity contribution >= 4 is 34.7 Å². The van der Waals surface area contributed by atoms with Crippen LogP contribution in [0.25, 0.3) is 6.08 Å². The number of hydrogen-bond acceptors (Lipinski definition) is 5. The van der Waals surface area contributed by atoms with Gasteiger partial charge in [0, 0.05) is 6.08 Å². The summed E-state index contributed by atoms with van der Waals surface area (Å²) in [4.78, 5) is 26.0. The van der Waals surface area contributed by atoms with Gasteiger partial charge in [-0.1, -0.05) is 0 Å². The smallest absolute Gasteiger partial charge is 0.298 e. The van der Waals surface area contributed by atoms with E-state index in [1.807, 2.05) is 6.92 Å². The number of furan rings is 1. The zero-order valence-corrected chi connectivity index (χ0v) is 12.6. The highest BCUT2D eigenvalue weighted by Crippen LogP contribution is 2.36. The summed E-state index contributed by atoms with van der Waals surface area (Å²) in [5.74, 6) is 0.886. The van der Waals surface area contributed by atoms with Crippen molar-refractivity contribution in [3.05, 3.63) is 53.3 Å². The zero-order valence-electron chi connectivity index (χ0n) is 11.8. The first-order valence-corrected chi connectivity index (χ1v) is 7.55. The lowest BCUT2D eigenvalue weighted by atomic mass is 10.2. The van der Waals surface area contributed by atoms with Crippen molar-refractivity contribution in [3.63, 3.8) is 0 Å². The average molecular weight is 315 g/mol. The predicted molar refractivity (Wildman–Crippen MR) is 84.8 cm³/mol. The third-order valence-electron chi connectivity index (χ3n) is 3.02. The summed E-state index contributed by atoms with van der Waals surface area (Å²) in [7, 11) is 0. The molecule has 0 atom stereocenters. The second-order valence-electron chi connectivity index (χ2n) is 4.46. The van der Waals surface area contributed by atoms with Crippen molar-refractivity contribution in [2.75, 3.05) is 11.5 Å². The molecular formula is C16H13NO4S. The fourth-order valence-electron chi connectivity index (χ4n) is 2.05. The van der Waals surface area contributed by atoms with Crippen LogP contribution >= 0.6 is 11.8 Å². The Morgan fingerprint density at radius 2 is 2.00 bits per heavy atom. The van der Waals surface area contributed by atoms with E-state index in [1.165, 1.54) is 6.26 Å². The van der Waals surface area contributed by atoms with E-state index in [0.717, 1.165) is 16.7 Å². The van der Waals surface area contributed by atoms with Crippen molar-refractivity contribution in [1.29, 1.82) is 0 Å². The molecule has 0 bridgehead atoms. The molecule has 1 fully saturated rings. The van der Waals surface area contributed by atoms with Crippen molar-refractivity contribution in [3.8, 4) is 5.75 Å². The minimum atomic E-state index is -0.351. The predicted octanol–water partition coefficient (Wildman–Crippen LogP) is 3.92. The van der Waals surface area contributed by atoms with Gasteiger partial charge in [-0.2, -0.15) is 0 Å². The second kappa shape index (κ2) is 6.11. The lowest BCUT2D eigenvalue weighted by molar-refractivity contribution is -0.113. The molecule has 0 saturated carbocycles. The van der Waals surface area contributed by atoms with Crippen molar-refractivity contribution < 1.29 is 18.7 Å². The van der Waals surface area contributed by atoms with Gasteiger partial charge in [0.25, 0.3) is 11.1 Å². The number of benzene rings is 1. The summed E-state index contributed by atoms with van der Waals surface area (Å²) < 4.78 is 10.5. The summed E-state index contributed by atoms with van der Waals surface area (Å²) in [5.41, 5.74) is 0.522. The molecule has 0 spiro atoms. The van der Waals surface area contributed by atoms with Crippen LogP contribution in [0.4, 0.5) is 10.5 Å². The summed E-state index contributed by atoms with van der Waals surface area (Å²) in [6.07, 6.45) is 3.09. The van der Waals surface area contributed by atoms with E-state index in [4.69, 9.17) is 9.15 Å². The number of rotatable bonds is 4. The molecule has 1 aliphatic heterocycles. The summed E-state index contributed by atoms with van der Waals surface area (Å²) in [6, 6.07) is 10.3. The van der Waals surface area contributed by atoms with Crippen LogP contribution < -0.4 is 9.64 Å². The number of carbonyl (C=O) groups excluding carboxylic acids is 2. The van der Waals surface area contributed by atoms with Gasteiger partial charge in [0.05, 0.1) is 23.5 Å². The molecule has 1 aromatic heterocycles. The van der Waals surface area contributed by atoms with Crippen LogP contribution in [-0.2, 0) is 4.79 Å². The summed E-state index contributed by atoms with van der Waals surface area (Å²) in [5, 5.41) is -0.327. The van der Waals surface area contributed by atoms with Crippen molar-refractivity contribution in [2.45, 2.75) is 6.92 Å². The molecule has 0 N–H and O–H groups in total. The Labute approximate surface area is 131 Å². The molecular weight excluding hydrogens is 302 g/mol. The number of anilines is 1. The van der Waals surface area contributed by atoms with Gasteiger partial charge in [-0.05, 0) is 55.1 Å². The van der Waals surface area contributed by atoms with Gasteiger partial charge in [0.2, 0.25) is 0 Å². The topological polar surface area (TPSA) is 59.8 Å². The molecule has 6 heteroatoms. The van der Waals surface area contributed by atoms with E-state index >= 15 is 0 Å². The molecule has 112 valence electrons. The minimum Gasteiger partial charge on any atom is -0.494 e. The number of carbonyl (C=O) groups is 2. The van der Waals surface area contributed by atoms with E-state index in [-0.39, 0.29) is 11.1 Å². The molecule has 5 nitrogen and oxygen atoms in total. The third kappa shape index (κ3) is 2.78. The molecule has 1 saturated heterocycles. The monoisotopic (exact) mass is 315 g/mol. The van der Waals surface area contributed by atoms with Crippen molar-refractivity contribution in [2.24, 2.45) is 0 Å². The Balaban J connectivity index is 1.85. The Morgan fingerprint density at radius 1 is 1.23 bits per heavy atom. The van der Waals surface area contributed by atoms with Gasteiger partial charge in [0.1, 0.15) is 11.5 Å². The number of hydrogen-bond donors (Lipinski definition) is 0. The molecule has 1 aliphatic rings. The van der Waals surface area contributed by atoms with E-state index in [1.54, 1.807) is 42.5 Å². The van der Waals surface area contributed by atoms with Crippen LogP contribution in [0.2, 0.25) is 0 Å². The molecule has 0 aliphatic carbocycles. The fraction of sp³-hybridized carbons (Fsp3) is 0.125. The van der Waals surface area contributed by atoms with Crippen LogP contribution in [0.5, 0.6) is 5.75 Å². The van der Waals surface area contributed by atoms with Crippen LogP contribution in [-0.4, -0.2) is 17.8 Å². The largest absolute Gasteiger partial charge is 0.494 e. The Morgan fingerprint density at radius 3 is 2.64 bits per heavy atom. The molecule has 1 aromatic carbocycles. The Hall–Kier alpha value is -2.47. The number of nitrogens with zero attached hydrogens (tertiary/aromatic N) is 1. The lowest BCUT2D eigenvalue weighted by Gasteiger charge is -2.13. The molecule has 2 heterocycles. The van der Waals surface area contributed by atoms with Crippen LogP contribution in [0.15, 0.2) is 52.0 Å². The minimum absolute atomic E-state index is 0.327. The summed E-state index contributed by atoms with van der Waals surface area (Å²) in [6.45, 7) is 2.45. The third-order valence-corrected chi connectivity index (χ3v) is 3.89. The van der Waals surface area contributed by atoms with Gasteiger partial charge >= 0.3 is 0 Å². The maximum atomic E-state index is 12.4. The maximum absolute atomic E-state index is 12.4. The molecule has 0 unspecified atom stereocenters. The maximum Gasteiger partial charge on any atom is 0.298 e. The Kier molecular flexibility index (Phi) is 4.02. The van der Waals surface area contributed by atoms with Gasteiger partial charge in [-0.3, -0.25) is 9.59 Å². The number of thioether (sulfide) groups is 1. The summed E-state index contributed by atoms with van der Waals surface area (Å²) >= 11 is 0.897. The number of ether oxygens (including phenoxy) is 1. The van der Waals surface area contributed by atoms with Gasteiger partial charge in [-0.25, -0.2) is 4.90 Å². The van der Waals surface area contributed by atoms with Crippen LogP contribution in [0, 0.1) is 0 Å². The van der Waals surface area contributed by atoms with E-state index in [0.29, 0.717) is 28.7 Å². The standard InChI is InChI=1S/C16H13NO4S/c1-2-20-12-7-5-11(6-8-12)17-15(18)14(22-16(17)19)10-13-4-3-9-21-13/h3-10H,2H2,1H3. The van der Waals surface area contributed by atoms with Gasteiger partial charge in [0.15, 0.2) is 0 Å². The first-order valence-electron chi connectivity index (χ1n) is 6.73.